The van der Waals surface area contributed by atoms with Crippen molar-refractivity contribution in [3.05, 3.63) is 12.7 Å². The minimum Gasteiger partial charge on any atom is -0.870 e. The molecule has 0 aromatic heterocycles. The average molecular weight is 88.1 g/mol. The minimum absolute atomic E-state index is 0. The number of carboxylic acid groups (broad SMARTS) is 1. The first kappa shape index (κ1) is 8.95. The van der Waals surface area contributed by atoms with Gasteiger partial charge < -0.3 is 15.4 Å². The van der Waals surface area contributed by atoms with Crippen LogP contribution in [0, 0.1) is 0 Å². The second-order valence-electron chi connectivity index (χ2n) is 0.523. The van der Waals surface area contributed by atoms with Gasteiger partial charge in [0.05, 0.1) is 5.97 Å². The predicted octanol–water partition coefficient (Wildman–Crippen LogP) is -1.25. The lowest BCUT2D eigenvalue weighted by molar-refractivity contribution is -0.297. The summed E-state index contributed by atoms with van der Waals surface area (Å²) in [4.78, 5) is 9.14. The van der Waals surface area contributed by atoms with Crippen molar-refractivity contribution in [1.29, 1.82) is 0 Å². The highest BCUT2D eigenvalue weighted by Gasteiger charge is 1.55. The maximum atomic E-state index is 9.14. The quantitative estimate of drug-likeness (QED) is 0.376. The number of carboxylic acids is 1. The van der Waals surface area contributed by atoms with Crippen molar-refractivity contribution in [1.82, 2.24) is 0 Å². The molecule has 0 rings (SSSR count). The van der Waals surface area contributed by atoms with Crippen LogP contribution >= 0.6 is 0 Å². The molecule has 0 atom stereocenters. The van der Waals surface area contributed by atoms with E-state index >= 15 is 0 Å². The standard InChI is InChI=1S/C3H4O2.H2O/c1-2-3(4)5;/h2H,1H2,(H,4,5);1H2/p-2. The largest absolute Gasteiger partial charge is 0.870 e. The molecule has 0 spiro atoms. The first-order valence-electron chi connectivity index (χ1n) is 1.11. The van der Waals surface area contributed by atoms with Crippen LogP contribution < -0.4 is 5.11 Å². The minimum atomic E-state index is -1.23. The Balaban J connectivity index is 0. The number of carbonyl (C=O) groups excluding carboxylic acids is 1. The molecule has 0 saturated carbocycles. The lowest BCUT2D eigenvalue weighted by Crippen LogP contribution is -2.17. The van der Waals surface area contributed by atoms with Gasteiger partial charge in [-0.05, 0) is 6.08 Å². The molecule has 0 aliphatic carbocycles. The summed E-state index contributed by atoms with van der Waals surface area (Å²) in [6.45, 7) is 2.90. The molecule has 0 aromatic carbocycles. The molecule has 3 nitrogen and oxygen atoms in total. The van der Waals surface area contributed by atoms with Gasteiger partial charge in [-0.3, -0.25) is 0 Å². The highest BCUT2D eigenvalue weighted by Crippen LogP contribution is 1.47. The molecule has 0 saturated heterocycles. The summed E-state index contributed by atoms with van der Waals surface area (Å²) in [5, 5.41) is 9.14. The highest BCUT2D eigenvalue weighted by atomic mass is 16.4. The van der Waals surface area contributed by atoms with E-state index in [-0.39, 0.29) is 5.48 Å². The highest BCUT2D eigenvalue weighted by molar-refractivity contribution is 5.76. The molecule has 6 heavy (non-hydrogen) atoms. The summed E-state index contributed by atoms with van der Waals surface area (Å²) >= 11 is 0. The Hall–Kier alpha value is -0.830. The van der Waals surface area contributed by atoms with Gasteiger partial charge in [0.1, 0.15) is 0 Å². The van der Waals surface area contributed by atoms with Crippen molar-refractivity contribution in [3.63, 3.8) is 0 Å². The Labute approximate surface area is 35.2 Å². The number of aliphatic carboxylic acids is 1. The van der Waals surface area contributed by atoms with E-state index in [9.17, 15) is 0 Å². The van der Waals surface area contributed by atoms with Gasteiger partial charge in [0, 0.05) is 0 Å². The maximum Gasteiger partial charge on any atom is 0.0636 e. The molecule has 0 aliphatic heterocycles. The molecule has 0 radical (unpaired) electrons. The SMILES string of the molecule is C=CC(=O)[O-].[OH-]. The molecule has 0 aromatic rings. The van der Waals surface area contributed by atoms with Gasteiger partial charge in [-0.2, -0.15) is 0 Å². The Morgan fingerprint density at radius 3 is 2.00 bits per heavy atom. The van der Waals surface area contributed by atoms with Crippen LogP contribution in [0.3, 0.4) is 0 Å². The summed E-state index contributed by atoms with van der Waals surface area (Å²) in [6.07, 6.45) is 0.722. The van der Waals surface area contributed by atoms with Gasteiger partial charge in [-0.1, -0.05) is 6.58 Å². The third-order valence-corrected chi connectivity index (χ3v) is 0.167. The summed E-state index contributed by atoms with van der Waals surface area (Å²) in [5.41, 5.74) is 0. The van der Waals surface area contributed by atoms with E-state index in [1.807, 2.05) is 0 Å². The Morgan fingerprint density at radius 1 is 1.83 bits per heavy atom. The molecular weight excluding hydrogens is 84.0 g/mol. The van der Waals surface area contributed by atoms with Crippen LogP contribution in [0.1, 0.15) is 0 Å². The summed E-state index contributed by atoms with van der Waals surface area (Å²) < 4.78 is 0. The molecule has 3 heteroatoms. The lowest BCUT2D eigenvalue weighted by atomic mass is 10.7. The number of hydrogen-bond donors (Lipinski definition) is 0. The van der Waals surface area contributed by atoms with Crippen LogP contribution in [0.25, 0.3) is 0 Å². The molecular formula is C3H4O3-2. The number of rotatable bonds is 1. The zero-order chi connectivity index (χ0) is 4.28. The van der Waals surface area contributed by atoms with Crippen LogP contribution in [0.4, 0.5) is 0 Å². The molecule has 0 amide bonds. The summed E-state index contributed by atoms with van der Waals surface area (Å²) in [7, 11) is 0. The van der Waals surface area contributed by atoms with Gasteiger partial charge >= 0.3 is 0 Å². The first-order valence-corrected chi connectivity index (χ1v) is 1.11. The predicted molar refractivity (Wildman–Crippen MR) is 17.1 cm³/mol. The molecule has 0 bridgehead atoms. The van der Waals surface area contributed by atoms with E-state index in [1.54, 1.807) is 0 Å². The lowest BCUT2D eigenvalue weighted by Gasteiger charge is -1.81. The van der Waals surface area contributed by atoms with Crippen LogP contribution in [-0.4, -0.2) is 11.4 Å². The third-order valence-electron chi connectivity index (χ3n) is 0.167. The second kappa shape index (κ2) is 4.17. The topological polar surface area (TPSA) is 70.1 Å². The van der Waals surface area contributed by atoms with Crippen LogP contribution in [0.2, 0.25) is 0 Å². The molecule has 0 fully saturated rings. The maximum absolute atomic E-state index is 9.14. The van der Waals surface area contributed by atoms with Crippen LogP contribution in [0.15, 0.2) is 12.7 Å². The zero-order valence-corrected chi connectivity index (χ0v) is 3.05. The van der Waals surface area contributed by atoms with Gasteiger partial charge in [-0.25, -0.2) is 0 Å². The molecule has 1 N–H and O–H groups in total. The summed E-state index contributed by atoms with van der Waals surface area (Å²) in [5.74, 6) is -1.23. The average Bonchev–Trinajstić information content (AvgIpc) is 1.38. The summed E-state index contributed by atoms with van der Waals surface area (Å²) in [6, 6.07) is 0. The van der Waals surface area contributed by atoms with E-state index in [0.29, 0.717) is 0 Å². The fourth-order valence-electron chi connectivity index (χ4n) is 0. The van der Waals surface area contributed by atoms with E-state index in [1.165, 1.54) is 0 Å². The second-order valence-corrected chi connectivity index (χ2v) is 0.523. The van der Waals surface area contributed by atoms with Crippen LogP contribution in [0.5, 0.6) is 0 Å². The first-order chi connectivity index (χ1) is 2.27. The fourth-order valence-corrected chi connectivity index (χ4v) is 0. The van der Waals surface area contributed by atoms with Gasteiger partial charge in [0.15, 0.2) is 0 Å². The van der Waals surface area contributed by atoms with Crippen LogP contribution in [-0.2, 0) is 4.79 Å². The Morgan fingerprint density at radius 2 is 2.00 bits per heavy atom. The van der Waals surface area contributed by atoms with Gasteiger partial charge in [0.25, 0.3) is 0 Å². The Kier molecular flexibility index (Phi) is 6.22. The molecule has 0 aliphatic rings. The smallest absolute Gasteiger partial charge is 0.0636 e. The van der Waals surface area contributed by atoms with E-state index in [2.05, 4.69) is 6.58 Å². The fraction of sp³-hybridized carbons (Fsp3) is 0. The van der Waals surface area contributed by atoms with E-state index < -0.39 is 5.97 Å². The third kappa shape index (κ3) is 10.9. The molecule has 0 unspecified atom stereocenters. The van der Waals surface area contributed by atoms with E-state index in [0.717, 1.165) is 6.08 Å². The van der Waals surface area contributed by atoms with Crippen molar-refractivity contribution < 1.29 is 15.4 Å². The molecule has 0 heterocycles. The van der Waals surface area contributed by atoms with Crippen molar-refractivity contribution in [2.75, 3.05) is 0 Å². The Bertz CT molecular complexity index is 57.1. The van der Waals surface area contributed by atoms with Crippen molar-refractivity contribution in [2.45, 2.75) is 0 Å². The van der Waals surface area contributed by atoms with E-state index in [4.69, 9.17) is 9.90 Å². The van der Waals surface area contributed by atoms with Crippen molar-refractivity contribution in [2.24, 2.45) is 0 Å². The van der Waals surface area contributed by atoms with Gasteiger partial charge in [0.2, 0.25) is 0 Å². The number of carbonyl (C=O) groups is 1. The number of hydrogen-bond acceptors (Lipinski definition) is 3. The van der Waals surface area contributed by atoms with Crippen molar-refractivity contribution >= 4 is 5.97 Å². The zero-order valence-electron chi connectivity index (χ0n) is 3.05. The van der Waals surface area contributed by atoms with Gasteiger partial charge in [-0.15, -0.1) is 0 Å². The van der Waals surface area contributed by atoms with Crippen molar-refractivity contribution in [3.8, 4) is 0 Å². The molecule has 36 valence electrons. The normalized spacial score (nSPS) is 5.33. The monoisotopic (exact) mass is 88.0 g/mol.